The molecular weight excluding hydrogens is 444 g/mol. The molecule has 1 fully saturated rings. The lowest BCUT2D eigenvalue weighted by molar-refractivity contribution is -0.123. The Bertz CT molecular complexity index is 1160. The number of carbonyl (C=O) groups excluding carboxylic acids is 4. The number of aryl methyl sites for hydroxylation is 1. The van der Waals surface area contributed by atoms with Gasteiger partial charge in [0.15, 0.2) is 6.61 Å². The fraction of sp³-hybridized carbons (Fsp3) is 0.280. The molecule has 4 rings (SSSR count). The molecule has 1 N–H and O–H groups in total. The summed E-state index contributed by atoms with van der Waals surface area (Å²) >= 11 is 6.04. The molecule has 0 radical (unpaired) electrons. The topological polar surface area (TPSA) is 92.8 Å². The van der Waals surface area contributed by atoms with Crippen LogP contribution in [0.25, 0.3) is 0 Å². The zero-order chi connectivity index (χ0) is 23.7. The molecule has 2 aromatic carbocycles. The number of hydrogen-bond acceptors (Lipinski definition) is 5. The first-order chi connectivity index (χ1) is 15.8. The number of fused-ring (bicyclic) bond motifs is 1. The number of hydrogen-bond donors (Lipinski definition) is 1. The number of ether oxygens (including phenoxy) is 1. The highest BCUT2D eigenvalue weighted by atomic mass is 35.5. The molecule has 170 valence electrons. The van der Waals surface area contributed by atoms with Crippen LogP contribution < -0.4 is 10.2 Å². The number of imide groups is 1. The van der Waals surface area contributed by atoms with Gasteiger partial charge in [-0.2, -0.15) is 0 Å². The number of carbonyl (C=O) groups is 4. The lowest BCUT2D eigenvalue weighted by Gasteiger charge is -2.22. The smallest absolute Gasteiger partial charge is 0.338 e. The van der Waals surface area contributed by atoms with E-state index in [9.17, 15) is 19.2 Å². The molecule has 33 heavy (non-hydrogen) atoms. The van der Waals surface area contributed by atoms with Crippen LogP contribution in [0, 0.1) is 24.7 Å². The lowest BCUT2D eigenvalue weighted by atomic mass is 9.78. The van der Waals surface area contributed by atoms with Crippen LogP contribution in [0.5, 0.6) is 0 Å². The van der Waals surface area contributed by atoms with E-state index in [1.54, 1.807) is 18.2 Å². The van der Waals surface area contributed by atoms with Crippen molar-refractivity contribution in [3.63, 3.8) is 0 Å². The quantitative estimate of drug-likeness (QED) is 0.406. The Morgan fingerprint density at radius 1 is 1.12 bits per heavy atom. The fourth-order valence-electron chi connectivity index (χ4n) is 4.23. The highest BCUT2D eigenvalue weighted by molar-refractivity contribution is 6.31. The summed E-state index contributed by atoms with van der Waals surface area (Å²) in [6.07, 6.45) is 4.47. The predicted octanol–water partition coefficient (Wildman–Crippen LogP) is 4.15. The molecule has 2 aliphatic rings. The average molecular weight is 467 g/mol. The van der Waals surface area contributed by atoms with Crippen molar-refractivity contribution in [1.82, 2.24) is 0 Å². The van der Waals surface area contributed by atoms with Gasteiger partial charge in [-0.3, -0.25) is 19.3 Å². The summed E-state index contributed by atoms with van der Waals surface area (Å²) in [6.45, 7) is 3.31. The van der Waals surface area contributed by atoms with Crippen molar-refractivity contribution in [2.45, 2.75) is 20.3 Å². The first kappa shape index (κ1) is 22.7. The number of benzene rings is 2. The largest absolute Gasteiger partial charge is 0.452 e. The summed E-state index contributed by atoms with van der Waals surface area (Å²) in [4.78, 5) is 51.3. The van der Waals surface area contributed by atoms with Crippen LogP contribution in [-0.2, 0) is 19.1 Å². The molecule has 0 saturated carbocycles. The Morgan fingerprint density at radius 2 is 1.85 bits per heavy atom. The minimum atomic E-state index is -0.691. The Labute approximate surface area is 196 Å². The molecule has 0 spiro atoms. The van der Waals surface area contributed by atoms with Crippen molar-refractivity contribution in [2.75, 3.05) is 16.8 Å². The predicted molar refractivity (Wildman–Crippen MR) is 124 cm³/mol. The standard InChI is InChI=1S/C25H23ClN2O5/c1-14-6-9-17(12-20(14)26)27-21(29)13-33-25(32)16-7-10-18(11-8-16)28-23(30)19-5-3-4-15(2)22(19)24(28)31/h3-4,6-12,15,19,22H,5,13H2,1-2H3,(H,27,29)/t15-,19+,22-/m0/s1. The van der Waals surface area contributed by atoms with E-state index < -0.39 is 18.5 Å². The number of esters is 1. The molecule has 1 aliphatic carbocycles. The molecular formula is C25H23ClN2O5. The van der Waals surface area contributed by atoms with Gasteiger partial charge < -0.3 is 10.1 Å². The van der Waals surface area contributed by atoms with Gasteiger partial charge in [0.05, 0.1) is 23.1 Å². The minimum absolute atomic E-state index is 0.00142. The molecule has 0 unspecified atom stereocenters. The van der Waals surface area contributed by atoms with Crippen molar-refractivity contribution in [3.05, 3.63) is 70.8 Å². The summed E-state index contributed by atoms with van der Waals surface area (Å²) in [5, 5.41) is 3.13. The summed E-state index contributed by atoms with van der Waals surface area (Å²) < 4.78 is 5.08. The number of halogens is 1. The number of nitrogens with one attached hydrogen (secondary N) is 1. The van der Waals surface area contributed by atoms with E-state index in [4.69, 9.17) is 16.3 Å². The molecule has 0 bridgehead atoms. The van der Waals surface area contributed by atoms with E-state index in [1.165, 1.54) is 29.2 Å². The first-order valence-corrected chi connectivity index (χ1v) is 11.0. The maximum Gasteiger partial charge on any atom is 0.338 e. The number of anilines is 2. The van der Waals surface area contributed by atoms with Gasteiger partial charge in [0.25, 0.3) is 5.91 Å². The maximum absolute atomic E-state index is 12.9. The van der Waals surface area contributed by atoms with Crippen LogP contribution in [0.2, 0.25) is 5.02 Å². The maximum atomic E-state index is 12.9. The second-order valence-corrected chi connectivity index (χ2v) is 8.71. The molecule has 0 aromatic heterocycles. The number of rotatable bonds is 5. The Balaban J connectivity index is 1.36. The second kappa shape index (κ2) is 9.19. The van der Waals surface area contributed by atoms with Crippen LogP contribution >= 0.6 is 11.6 Å². The zero-order valence-corrected chi connectivity index (χ0v) is 19.0. The molecule has 7 nitrogen and oxygen atoms in total. The van der Waals surface area contributed by atoms with Crippen LogP contribution in [0.3, 0.4) is 0 Å². The van der Waals surface area contributed by atoms with Crippen molar-refractivity contribution in [2.24, 2.45) is 17.8 Å². The number of nitrogens with zero attached hydrogens (tertiary/aromatic N) is 1. The van der Waals surface area contributed by atoms with Gasteiger partial charge >= 0.3 is 5.97 Å². The third-order valence-corrected chi connectivity index (χ3v) is 6.43. The molecule has 3 atom stereocenters. The lowest BCUT2D eigenvalue weighted by Crippen LogP contribution is -2.31. The van der Waals surface area contributed by atoms with E-state index in [-0.39, 0.29) is 35.1 Å². The van der Waals surface area contributed by atoms with Gasteiger partial charge in [-0.15, -0.1) is 0 Å². The van der Waals surface area contributed by atoms with Crippen molar-refractivity contribution >= 4 is 46.7 Å². The highest BCUT2D eigenvalue weighted by Crippen LogP contribution is 2.40. The third kappa shape index (κ3) is 4.54. The molecule has 8 heteroatoms. The van der Waals surface area contributed by atoms with Crippen LogP contribution in [0.1, 0.15) is 29.3 Å². The second-order valence-electron chi connectivity index (χ2n) is 8.30. The third-order valence-electron chi connectivity index (χ3n) is 6.02. The van der Waals surface area contributed by atoms with E-state index in [2.05, 4.69) is 5.32 Å². The molecule has 1 heterocycles. The summed E-state index contributed by atoms with van der Waals surface area (Å²) in [5.74, 6) is -2.32. The van der Waals surface area contributed by atoms with Gasteiger partial charge in [-0.05, 0) is 61.2 Å². The normalized spacial score (nSPS) is 21.7. The molecule has 1 saturated heterocycles. The number of amides is 3. The fourth-order valence-corrected chi connectivity index (χ4v) is 4.41. The average Bonchev–Trinajstić information content (AvgIpc) is 3.06. The summed E-state index contributed by atoms with van der Waals surface area (Å²) in [5.41, 5.74) is 2.00. The van der Waals surface area contributed by atoms with Crippen LogP contribution in [0.4, 0.5) is 11.4 Å². The Kier molecular flexibility index (Phi) is 6.33. The molecule has 1 aliphatic heterocycles. The van der Waals surface area contributed by atoms with Crippen LogP contribution in [0.15, 0.2) is 54.6 Å². The monoisotopic (exact) mass is 466 g/mol. The summed E-state index contributed by atoms with van der Waals surface area (Å²) in [6, 6.07) is 11.1. The van der Waals surface area contributed by atoms with E-state index in [0.29, 0.717) is 22.8 Å². The Morgan fingerprint density at radius 3 is 2.52 bits per heavy atom. The van der Waals surface area contributed by atoms with Gasteiger partial charge in [0.2, 0.25) is 11.8 Å². The van der Waals surface area contributed by atoms with Crippen LogP contribution in [-0.4, -0.2) is 30.3 Å². The number of allylic oxidation sites excluding steroid dienone is 2. The van der Waals surface area contributed by atoms with E-state index >= 15 is 0 Å². The van der Waals surface area contributed by atoms with E-state index in [1.807, 2.05) is 26.0 Å². The van der Waals surface area contributed by atoms with Gasteiger partial charge in [0.1, 0.15) is 0 Å². The van der Waals surface area contributed by atoms with Gasteiger partial charge in [0, 0.05) is 10.7 Å². The Hall–Kier alpha value is -3.45. The first-order valence-electron chi connectivity index (χ1n) is 10.6. The van der Waals surface area contributed by atoms with Gasteiger partial charge in [-0.1, -0.05) is 36.7 Å². The van der Waals surface area contributed by atoms with Gasteiger partial charge in [-0.25, -0.2) is 4.79 Å². The molecule has 3 amide bonds. The minimum Gasteiger partial charge on any atom is -0.452 e. The summed E-state index contributed by atoms with van der Waals surface area (Å²) in [7, 11) is 0. The SMILES string of the molecule is Cc1ccc(NC(=O)COC(=O)c2ccc(N3C(=O)[C@H]4[C@@H](C)C=CC[C@H]4C3=O)cc2)cc1Cl. The molecule has 2 aromatic rings. The highest BCUT2D eigenvalue weighted by Gasteiger charge is 2.50. The van der Waals surface area contributed by atoms with Crippen molar-refractivity contribution in [1.29, 1.82) is 0 Å². The van der Waals surface area contributed by atoms with Crippen molar-refractivity contribution < 1.29 is 23.9 Å². The zero-order valence-electron chi connectivity index (χ0n) is 18.2. The van der Waals surface area contributed by atoms with E-state index in [0.717, 1.165) is 5.56 Å². The van der Waals surface area contributed by atoms with Crippen molar-refractivity contribution in [3.8, 4) is 0 Å².